The molecule has 1 heterocycles. The van der Waals surface area contributed by atoms with Crippen LogP contribution in [0.2, 0.25) is 5.02 Å². The Morgan fingerprint density at radius 3 is 2.77 bits per heavy atom. The van der Waals surface area contributed by atoms with Crippen molar-refractivity contribution < 1.29 is 19.1 Å². The van der Waals surface area contributed by atoms with Crippen molar-refractivity contribution in [1.82, 2.24) is 10.2 Å². The van der Waals surface area contributed by atoms with Crippen LogP contribution < -0.4 is 10.1 Å². The molecule has 1 aliphatic heterocycles. The second-order valence-corrected chi connectivity index (χ2v) is 8.18. The van der Waals surface area contributed by atoms with Gasteiger partial charge in [0, 0.05) is 36.3 Å². The van der Waals surface area contributed by atoms with E-state index in [-0.39, 0.29) is 30.4 Å². The monoisotopic (exact) mass is 452 g/mol. The first-order valence-electron chi connectivity index (χ1n) is 10.1. The third-order valence-electron chi connectivity index (χ3n) is 5.06. The van der Waals surface area contributed by atoms with Crippen molar-refractivity contribution in [3.63, 3.8) is 0 Å². The van der Waals surface area contributed by atoms with Gasteiger partial charge >= 0.3 is 0 Å². The highest BCUT2D eigenvalue weighted by Crippen LogP contribution is 2.19. The third kappa shape index (κ3) is 7.04. The first kappa shape index (κ1) is 22.7. The summed E-state index contributed by atoms with van der Waals surface area (Å²) in [4.78, 5) is 26.4. The topological polar surface area (TPSA) is 67.9 Å². The van der Waals surface area contributed by atoms with Crippen LogP contribution in [0.4, 0.5) is 0 Å². The summed E-state index contributed by atoms with van der Waals surface area (Å²) < 4.78 is 11.2. The lowest BCUT2D eigenvalue weighted by atomic mass is 10.1. The Morgan fingerprint density at radius 1 is 1.23 bits per heavy atom. The molecule has 6 nitrogen and oxygen atoms in total. The minimum atomic E-state index is -0.251. The molecule has 1 N–H and O–H groups in total. The fraction of sp³-hybridized carbons (Fsp3) is 0.455. The number of benzene rings is 1. The second-order valence-electron chi connectivity index (χ2n) is 7.30. The number of halogens is 2. The summed E-state index contributed by atoms with van der Waals surface area (Å²) in [5.41, 5.74) is 0. The van der Waals surface area contributed by atoms with E-state index in [4.69, 9.17) is 32.7 Å². The minimum Gasteiger partial charge on any atom is -0.484 e. The standard InChI is InChI=1S/C22H26Cl2N2O4/c23-17-2-6-19(7-3-17)29-13-1-11-26-12-10-16(22(26)28)14-25-21(27)15-30-20-8-4-18(24)5-9-20/h2-6,8-9,16,19H,1,7,10-15H2,(H,25,27). The summed E-state index contributed by atoms with van der Waals surface area (Å²) in [5, 5.41) is 4.13. The van der Waals surface area contributed by atoms with Gasteiger partial charge in [-0.3, -0.25) is 9.59 Å². The van der Waals surface area contributed by atoms with E-state index in [1.165, 1.54) is 0 Å². The molecule has 8 heteroatoms. The molecule has 2 amide bonds. The molecule has 0 bridgehead atoms. The molecule has 2 unspecified atom stereocenters. The van der Waals surface area contributed by atoms with Gasteiger partial charge in [-0.2, -0.15) is 0 Å². The van der Waals surface area contributed by atoms with Crippen molar-refractivity contribution in [2.45, 2.75) is 25.4 Å². The van der Waals surface area contributed by atoms with Gasteiger partial charge in [-0.15, -0.1) is 0 Å². The van der Waals surface area contributed by atoms with Gasteiger partial charge in [0.1, 0.15) is 5.75 Å². The number of amides is 2. The molecule has 1 aromatic rings. The van der Waals surface area contributed by atoms with E-state index in [2.05, 4.69) is 5.32 Å². The molecule has 1 saturated heterocycles. The molecular weight excluding hydrogens is 427 g/mol. The zero-order valence-corrected chi connectivity index (χ0v) is 18.2. The summed E-state index contributed by atoms with van der Waals surface area (Å²) >= 11 is 11.7. The molecule has 1 fully saturated rings. The summed E-state index contributed by atoms with van der Waals surface area (Å²) in [6, 6.07) is 6.80. The van der Waals surface area contributed by atoms with Crippen LogP contribution in [-0.2, 0) is 14.3 Å². The van der Waals surface area contributed by atoms with E-state index in [9.17, 15) is 9.59 Å². The Bertz CT molecular complexity index is 795. The smallest absolute Gasteiger partial charge is 0.257 e. The highest BCUT2D eigenvalue weighted by Gasteiger charge is 2.31. The molecule has 3 rings (SSSR count). The maximum Gasteiger partial charge on any atom is 0.257 e. The Labute approximate surface area is 186 Å². The van der Waals surface area contributed by atoms with E-state index < -0.39 is 0 Å². The Hall–Kier alpha value is -2.02. The van der Waals surface area contributed by atoms with Crippen LogP contribution in [0.1, 0.15) is 19.3 Å². The maximum absolute atomic E-state index is 12.5. The number of likely N-dealkylation sites (tertiary alicyclic amines) is 1. The number of rotatable bonds is 10. The fourth-order valence-corrected chi connectivity index (χ4v) is 3.66. The normalized spacial score (nSPS) is 20.9. The lowest BCUT2D eigenvalue weighted by molar-refractivity contribution is -0.131. The highest BCUT2D eigenvalue weighted by atomic mass is 35.5. The van der Waals surface area contributed by atoms with Crippen molar-refractivity contribution in [2.24, 2.45) is 5.92 Å². The van der Waals surface area contributed by atoms with Gasteiger partial charge in [0.05, 0.1) is 12.0 Å². The van der Waals surface area contributed by atoms with Gasteiger partial charge in [-0.25, -0.2) is 0 Å². The lowest BCUT2D eigenvalue weighted by Gasteiger charge is -2.19. The zero-order chi connectivity index (χ0) is 21.3. The number of hydrogen-bond acceptors (Lipinski definition) is 4. The van der Waals surface area contributed by atoms with Crippen LogP contribution >= 0.6 is 23.2 Å². The molecule has 0 aromatic heterocycles. The van der Waals surface area contributed by atoms with Crippen molar-refractivity contribution in [3.05, 3.63) is 52.5 Å². The quantitative estimate of drug-likeness (QED) is 0.551. The number of hydrogen-bond donors (Lipinski definition) is 1. The second kappa shape index (κ2) is 11.4. The molecule has 2 atom stereocenters. The summed E-state index contributed by atoms with van der Waals surface area (Å²) in [7, 11) is 0. The average molecular weight is 453 g/mol. The van der Waals surface area contributed by atoms with Gasteiger partial charge in [0.2, 0.25) is 5.91 Å². The lowest BCUT2D eigenvalue weighted by Crippen LogP contribution is -2.37. The Balaban J connectivity index is 1.28. The van der Waals surface area contributed by atoms with Crippen molar-refractivity contribution in [1.29, 1.82) is 0 Å². The zero-order valence-electron chi connectivity index (χ0n) is 16.7. The highest BCUT2D eigenvalue weighted by molar-refractivity contribution is 6.31. The van der Waals surface area contributed by atoms with Crippen molar-refractivity contribution in [2.75, 3.05) is 32.8 Å². The van der Waals surface area contributed by atoms with Gasteiger partial charge < -0.3 is 19.7 Å². The number of carbonyl (C=O) groups is 2. The minimum absolute atomic E-state index is 0.0554. The first-order valence-corrected chi connectivity index (χ1v) is 10.9. The van der Waals surface area contributed by atoms with Crippen LogP contribution in [-0.4, -0.2) is 55.7 Å². The molecule has 1 aromatic carbocycles. The predicted molar refractivity (Wildman–Crippen MR) is 117 cm³/mol. The summed E-state index contributed by atoms with van der Waals surface area (Å²) in [6.07, 6.45) is 8.10. The van der Waals surface area contributed by atoms with Gasteiger partial charge in [0.15, 0.2) is 6.61 Å². The SMILES string of the molecule is O=C(COc1ccc(Cl)cc1)NCC1CCN(CCCOC2C=CC(Cl)=CC2)C1=O. The first-order chi connectivity index (χ1) is 14.5. The van der Waals surface area contributed by atoms with Gasteiger partial charge in [0.25, 0.3) is 5.91 Å². The van der Waals surface area contributed by atoms with Crippen LogP contribution in [0, 0.1) is 5.92 Å². The number of allylic oxidation sites excluding steroid dienone is 2. The average Bonchev–Trinajstić information content (AvgIpc) is 3.10. The van der Waals surface area contributed by atoms with Crippen molar-refractivity contribution in [3.8, 4) is 5.75 Å². The van der Waals surface area contributed by atoms with Crippen LogP contribution in [0.25, 0.3) is 0 Å². The molecule has 0 radical (unpaired) electrons. The van der Waals surface area contributed by atoms with E-state index >= 15 is 0 Å². The van der Waals surface area contributed by atoms with Crippen LogP contribution in [0.15, 0.2) is 47.5 Å². The molecule has 1 aliphatic carbocycles. The largest absolute Gasteiger partial charge is 0.484 e. The molecule has 2 aliphatic rings. The van der Waals surface area contributed by atoms with Crippen LogP contribution in [0.5, 0.6) is 5.75 Å². The molecule has 30 heavy (non-hydrogen) atoms. The number of nitrogens with zero attached hydrogens (tertiary/aromatic N) is 1. The number of carbonyl (C=O) groups excluding carboxylic acids is 2. The van der Waals surface area contributed by atoms with E-state index in [1.807, 2.05) is 23.1 Å². The van der Waals surface area contributed by atoms with Gasteiger partial charge in [-0.05, 0) is 49.6 Å². The van der Waals surface area contributed by atoms with Crippen LogP contribution in [0.3, 0.4) is 0 Å². The summed E-state index contributed by atoms with van der Waals surface area (Å²) in [5.74, 6) is 0.224. The van der Waals surface area contributed by atoms with E-state index in [0.717, 1.165) is 24.3 Å². The maximum atomic E-state index is 12.5. The number of nitrogens with one attached hydrogen (secondary N) is 1. The molecular formula is C22H26Cl2N2O4. The number of ether oxygens (including phenoxy) is 2. The van der Waals surface area contributed by atoms with Gasteiger partial charge in [-0.1, -0.05) is 35.4 Å². The van der Waals surface area contributed by atoms with E-state index in [0.29, 0.717) is 37.0 Å². The third-order valence-corrected chi connectivity index (χ3v) is 5.59. The molecule has 162 valence electrons. The van der Waals surface area contributed by atoms with Crippen molar-refractivity contribution >= 4 is 35.0 Å². The van der Waals surface area contributed by atoms with E-state index in [1.54, 1.807) is 24.3 Å². The Morgan fingerprint density at radius 2 is 2.03 bits per heavy atom. The Kier molecular flexibility index (Phi) is 8.61. The fourth-order valence-electron chi connectivity index (χ4n) is 3.37. The summed E-state index contributed by atoms with van der Waals surface area (Å²) in [6.45, 7) is 2.19. The predicted octanol–water partition coefficient (Wildman–Crippen LogP) is 3.54. The molecule has 0 spiro atoms. The molecule has 0 saturated carbocycles.